The summed E-state index contributed by atoms with van der Waals surface area (Å²) in [6, 6.07) is 22.8. The monoisotopic (exact) mass is 461 g/mol. The molecule has 6 nitrogen and oxygen atoms in total. The molecule has 0 spiro atoms. The van der Waals surface area contributed by atoms with Crippen molar-refractivity contribution in [1.82, 2.24) is 0 Å². The predicted molar refractivity (Wildman–Crippen MR) is 134 cm³/mol. The fourth-order valence-electron chi connectivity index (χ4n) is 3.53. The molecular weight excluding hydrogens is 434 g/mol. The summed E-state index contributed by atoms with van der Waals surface area (Å²) >= 11 is 1.35. The van der Waals surface area contributed by atoms with Crippen LogP contribution in [0, 0.1) is 6.92 Å². The number of amides is 2. The maximum atomic E-state index is 12.9. The molecule has 170 valence electrons. The largest absolute Gasteiger partial charge is 0.378 e. The van der Waals surface area contributed by atoms with Crippen molar-refractivity contribution in [1.29, 1.82) is 0 Å². The first-order valence-electron chi connectivity index (χ1n) is 10.9. The highest BCUT2D eigenvalue weighted by atomic mass is 32.2. The van der Waals surface area contributed by atoms with E-state index in [0.717, 1.165) is 53.8 Å². The quantitative estimate of drug-likeness (QED) is 0.494. The summed E-state index contributed by atoms with van der Waals surface area (Å²) in [5.41, 5.74) is 4.29. The SMILES string of the molecule is Cc1ccc(NC(=O)CSc2ccccc2C(=O)Nc2ccc(N3CCOCC3)cc2)cc1. The lowest BCUT2D eigenvalue weighted by Crippen LogP contribution is -2.36. The Kier molecular flexibility index (Phi) is 7.65. The van der Waals surface area contributed by atoms with E-state index in [-0.39, 0.29) is 17.6 Å². The molecule has 0 aliphatic carbocycles. The average Bonchev–Trinajstić information content (AvgIpc) is 2.85. The van der Waals surface area contributed by atoms with Gasteiger partial charge < -0.3 is 20.3 Å². The van der Waals surface area contributed by atoms with Crippen molar-refractivity contribution in [3.8, 4) is 0 Å². The Morgan fingerprint density at radius 2 is 1.52 bits per heavy atom. The maximum Gasteiger partial charge on any atom is 0.256 e. The molecule has 1 saturated heterocycles. The second-order valence-corrected chi connectivity index (χ2v) is 8.82. The molecule has 2 N–H and O–H groups in total. The third-order valence-electron chi connectivity index (χ3n) is 5.33. The van der Waals surface area contributed by atoms with Gasteiger partial charge in [0.25, 0.3) is 5.91 Å². The summed E-state index contributed by atoms with van der Waals surface area (Å²) in [6.45, 7) is 5.20. The highest BCUT2D eigenvalue weighted by Gasteiger charge is 2.15. The number of benzene rings is 3. The van der Waals surface area contributed by atoms with Gasteiger partial charge in [0.05, 0.1) is 24.5 Å². The van der Waals surface area contributed by atoms with Gasteiger partial charge in [-0.15, -0.1) is 11.8 Å². The van der Waals surface area contributed by atoms with Gasteiger partial charge in [-0.3, -0.25) is 9.59 Å². The Morgan fingerprint density at radius 3 is 2.24 bits per heavy atom. The summed E-state index contributed by atoms with van der Waals surface area (Å²) in [5.74, 6) is -0.0965. The van der Waals surface area contributed by atoms with Gasteiger partial charge in [-0.25, -0.2) is 0 Å². The summed E-state index contributed by atoms with van der Waals surface area (Å²) in [7, 11) is 0. The van der Waals surface area contributed by atoms with Crippen molar-refractivity contribution in [2.45, 2.75) is 11.8 Å². The molecule has 1 aliphatic heterocycles. The number of carbonyl (C=O) groups is 2. The summed E-state index contributed by atoms with van der Waals surface area (Å²) in [5, 5.41) is 5.85. The number of hydrogen-bond acceptors (Lipinski definition) is 5. The van der Waals surface area contributed by atoms with Gasteiger partial charge >= 0.3 is 0 Å². The third kappa shape index (κ3) is 6.37. The highest BCUT2D eigenvalue weighted by Crippen LogP contribution is 2.25. The van der Waals surface area contributed by atoms with Crippen molar-refractivity contribution in [3.63, 3.8) is 0 Å². The first kappa shape index (κ1) is 22.9. The minimum Gasteiger partial charge on any atom is -0.378 e. The van der Waals surface area contributed by atoms with Crippen LogP contribution in [0.15, 0.2) is 77.7 Å². The number of morpholine rings is 1. The molecule has 3 aromatic carbocycles. The fraction of sp³-hybridized carbons (Fsp3) is 0.231. The molecule has 33 heavy (non-hydrogen) atoms. The summed E-state index contributed by atoms with van der Waals surface area (Å²) in [4.78, 5) is 28.3. The van der Waals surface area contributed by atoms with E-state index in [1.165, 1.54) is 11.8 Å². The molecule has 4 rings (SSSR count). The Hall–Kier alpha value is -3.29. The van der Waals surface area contributed by atoms with E-state index in [0.29, 0.717) is 5.56 Å². The van der Waals surface area contributed by atoms with Crippen molar-refractivity contribution in [2.75, 3.05) is 47.6 Å². The Balaban J connectivity index is 1.35. The topological polar surface area (TPSA) is 70.7 Å². The molecule has 3 aromatic rings. The Bertz CT molecular complexity index is 1090. The van der Waals surface area contributed by atoms with E-state index in [2.05, 4.69) is 15.5 Å². The molecule has 0 bridgehead atoms. The zero-order chi connectivity index (χ0) is 23.0. The maximum absolute atomic E-state index is 12.9. The van der Waals surface area contributed by atoms with Gasteiger partial charge in [0, 0.05) is 35.0 Å². The van der Waals surface area contributed by atoms with Crippen LogP contribution < -0.4 is 15.5 Å². The van der Waals surface area contributed by atoms with E-state index < -0.39 is 0 Å². The van der Waals surface area contributed by atoms with Crippen LogP contribution in [0.1, 0.15) is 15.9 Å². The Morgan fingerprint density at radius 1 is 0.879 bits per heavy atom. The molecule has 1 fully saturated rings. The van der Waals surface area contributed by atoms with Gasteiger partial charge in [-0.1, -0.05) is 29.8 Å². The molecule has 0 aromatic heterocycles. The lowest BCUT2D eigenvalue weighted by Gasteiger charge is -2.28. The molecule has 0 unspecified atom stereocenters. The van der Waals surface area contributed by atoms with Gasteiger partial charge in [0.2, 0.25) is 5.91 Å². The van der Waals surface area contributed by atoms with Crippen LogP contribution in [-0.2, 0) is 9.53 Å². The number of carbonyl (C=O) groups excluding carboxylic acids is 2. The first-order valence-corrected chi connectivity index (χ1v) is 11.9. The molecule has 0 saturated carbocycles. The van der Waals surface area contributed by atoms with Crippen molar-refractivity contribution >= 4 is 40.6 Å². The van der Waals surface area contributed by atoms with Gasteiger partial charge in [-0.05, 0) is 55.5 Å². The molecule has 1 heterocycles. The van der Waals surface area contributed by atoms with Crippen LogP contribution in [-0.4, -0.2) is 43.9 Å². The molecule has 1 aliphatic rings. The van der Waals surface area contributed by atoms with Gasteiger partial charge in [0.15, 0.2) is 0 Å². The van der Waals surface area contributed by atoms with Crippen LogP contribution in [0.3, 0.4) is 0 Å². The van der Waals surface area contributed by atoms with Crippen LogP contribution in [0.2, 0.25) is 0 Å². The van der Waals surface area contributed by atoms with Gasteiger partial charge in [-0.2, -0.15) is 0 Å². The lowest BCUT2D eigenvalue weighted by molar-refractivity contribution is -0.113. The molecular formula is C26H27N3O3S. The van der Waals surface area contributed by atoms with Crippen LogP contribution in [0.25, 0.3) is 0 Å². The number of rotatable bonds is 7. The minimum absolute atomic E-state index is 0.113. The number of hydrogen-bond donors (Lipinski definition) is 2. The second-order valence-electron chi connectivity index (χ2n) is 7.80. The van der Waals surface area contributed by atoms with E-state index in [1.807, 2.05) is 73.7 Å². The number of aryl methyl sites for hydroxylation is 1. The van der Waals surface area contributed by atoms with E-state index in [9.17, 15) is 9.59 Å². The molecule has 7 heteroatoms. The number of nitrogens with one attached hydrogen (secondary N) is 2. The number of thioether (sulfide) groups is 1. The Labute approximate surface area is 198 Å². The summed E-state index contributed by atoms with van der Waals surface area (Å²) in [6.07, 6.45) is 0. The van der Waals surface area contributed by atoms with Crippen LogP contribution in [0.5, 0.6) is 0 Å². The normalized spacial score (nSPS) is 13.4. The lowest BCUT2D eigenvalue weighted by atomic mass is 10.2. The molecule has 0 radical (unpaired) electrons. The number of ether oxygens (including phenoxy) is 1. The zero-order valence-corrected chi connectivity index (χ0v) is 19.4. The third-order valence-corrected chi connectivity index (χ3v) is 6.40. The van der Waals surface area contributed by atoms with Gasteiger partial charge in [0.1, 0.15) is 0 Å². The minimum atomic E-state index is -0.198. The fourth-order valence-corrected chi connectivity index (χ4v) is 4.38. The molecule has 0 atom stereocenters. The highest BCUT2D eigenvalue weighted by molar-refractivity contribution is 8.00. The number of anilines is 3. The standard InChI is InChI=1S/C26H27N3O3S/c1-19-6-8-20(9-7-19)27-25(30)18-33-24-5-3-2-4-23(24)26(31)28-21-10-12-22(13-11-21)29-14-16-32-17-15-29/h2-13H,14-18H2,1H3,(H,27,30)(H,28,31). The smallest absolute Gasteiger partial charge is 0.256 e. The zero-order valence-electron chi connectivity index (χ0n) is 18.5. The van der Waals surface area contributed by atoms with Crippen LogP contribution >= 0.6 is 11.8 Å². The number of nitrogens with zero attached hydrogens (tertiary/aromatic N) is 1. The van der Waals surface area contributed by atoms with E-state index >= 15 is 0 Å². The van der Waals surface area contributed by atoms with Crippen molar-refractivity contribution < 1.29 is 14.3 Å². The van der Waals surface area contributed by atoms with E-state index in [4.69, 9.17) is 4.74 Å². The average molecular weight is 462 g/mol. The second kappa shape index (κ2) is 11.0. The molecule has 2 amide bonds. The first-order chi connectivity index (χ1) is 16.1. The van der Waals surface area contributed by atoms with Crippen LogP contribution in [0.4, 0.5) is 17.1 Å². The van der Waals surface area contributed by atoms with E-state index in [1.54, 1.807) is 6.07 Å². The van der Waals surface area contributed by atoms with Crippen molar-refractivity contribution in [3.05, 3.63) is 83.9 Å². The van der Waals surface area contributed by atoms with Crippen molar-refractivity contribution in [2.24, 2.45) is 0 Å². The predicted octanol–water partition coefficient (Wildman–Crippen LogP) is 4.81. The summed E-state index contributed by atoms with van der Waals surface area (Å²) < 4.78 is 5.40.